The van der Waals surface area contributed by atoms with Crippen molar-refractivity contribution in [2.75, 3.05) is 17.7 Å². The Bertz CT molecular complexity index is 633. The summed E-state index contributed by atoms with van der Waals surface area (Å²) in [6.45, 7) is 4.52. The van der Waals surface area contributed by atoms with Crippen molar-refractivity contribution in [3.63, 3.8) is 0 Å². The van der Waals surface area contributed by atoms with Crippen LogP contribution in [0.4, 0.5) is 11.8 Å². The summed E-state index contributed by atoms with van der Waals surface area (Å²) >= 11 is 0. The van der Waals surface area contributed by atoms with Gasteiger partial charge in [-0.3, -0.25) is 4.68 Å². The van der Waals surface area contributed by atoms with Gasteiger partial charge in [0.05, 0.1) is 6.20 Å². The predicted octanol–water partition coefficient (Wildman–Crippen LogP) is 1.64. The summed E-state index contributed by atoms with van der Waals surface area (Å²) in [6, 6.07) is 2.07. The lowest BCUT2D eigenvalue weighted by molar-refractivity contribution is 0.275. The molecular formula is C16H26N6O2. The summed E-state index contributed by atoms with van der Waals surface area (Å²) in [5.41, 5.74) is 7.59. The first-order chi connectivity index (χ1) is 11.5. The minimum Gasteiger partial charge on any atom is -0.482 e. The van der Waals surface area contributed by atoms with Crippen molar-refractivity contribution in [3.8, 4) is 5.75 Å². The second-order valence-electron chi connectivity index (χ2n) is 5.77. The van der Waals surface area contributed by atoms with Crippen LogP contribution in [-0.4, -0.2) is 37.5 Å². The fraction of sp³-hybridized carbons (Fsp3) is 0.562. The summed E-state index contributed by atoms with van der Waals surface area (Å²) in [5, 5.41) is 16.9. The van der Waals surface area contributed by atoms with Gasteiger partial charge in [-0.25, -0.2) is 4.98 Å². The molecule has 4 N–H and O–H groups in total. The predicted molar refractivity (Wildman–Crippen MR) is 92.7 cm³/mol. The topological polar surface area (TPSA) is 111 Å². The van der Waals surface area contributed by atoms with Crippen LogP contribution >= 0.6 is 0 Å². The fourth-order valence-electron chi connectivity index (χ4n) is 2.44. The molecule has 0 radical (unpaired) electrons. The highest BCUT2D eigenvalue weighted by atomic mass is 16.5. The van der Waals surface area contributed by atoms with Crippen molar-refractivity contribution in [3.05, 3.63) is 23.7 Å². The van der Waals surface area contributed by atoms with E-state index in [1.807, 2.05) is 20.0 Å². The van der Waals surface area contributed by atoms with E-state index < -0.39 is 0 Å². The van der Waals surface area contributed by atoms with Gasteiger partial charge in [0.2, 0.25) is 5.95 Å². The highest BCUT2D eigenvalue weighted by Gasteiger charge is 2.14. The molecule has 0 saturated carbocycles. The number of aryl methyl sites for hydroxylation is 2. The highest BCUT2D eigenvalue weighted by molar-refractivity contribution is 5.51. The maximum atomic E-state index is 9.21. The van der Waals surface area contributed by atoms with Gasteiger partial charge in [0.15, 0.2) is 11.6 Å². The molecular weight excluding hydrogens is 308 g/mol. The monoisotopic (exact) mass is 334 g/mol. The first-order valence-corrected chi connectivity index (χ1v) is 8.15. The lowest BCUT2D eigenvalue weighted by Crippen LogP contribution is -2.22. The lowest BCUT2D eigenvalue weighted by atomic mass is 10.1. The Labute approximate surface area is 142 Å². The molecule has 0 aliphatic carbocycles. The number of nitrogens with one attached hydrogen (secondary N) is 1. The number of aliphatic hydroxyl groups is 1. The molecule has 24 heavy (non-hydrogen) atoms. The first-order valence-electron chi connectivity index (χ1n) is 8.15. The van der Waals surface area contributed by atoms with Crippen LogP contribution < -0.4 is 15.8 Å². The van der Waals surface area contributed by atoms with Crippen LogP contribution in [0.2, 0.25) is 0 Å². The number of hydrogen-bond donors (Lipinski definition) is 3. The van der Waals surface area contributed by atoms with Gasteiger partial charge in [-0.05, 0) is 25.8 Å². The molecule has 2 aromatic heterocycles. The minimum atomic E-state index is 0.105. The summed E-state index contributed by atoms with van der Waals surface area (Å²) in [7, 11) is 1.89. The molecule has 0 aromatic carbocycles. The first kappa shape index (κ1) is 18.0. The molecule has 2 rings (SSSR count). The molecule has 0 bridgehead atoms. The minimum absolute atomic E-state index is 0.105. The average Bonchev–Trinajstić information content (AvgIpc) is 2.85. The Morgan fingerprint density at radius 3 is 2.83 bits per heavy atom. The number of nitrogens with two attached hydrogens (primary N) is 1. The molecule has 8 heteroatoms. The number of rotatable bonds is 9. The molecule has 132 valence electrons. The third kappa shape index (κ3) is 4.82. The summed E-state index contributed by atoms with van der Waals surface area (Å²) in [5.74, 6) is 1.24. The van der Waals surface area contributed by atoms with E-state index in [0.29, 0.717) is 24.6 Å². The molecule has 8 nitrogen and oxygen atoms in total. The molecule has 0 saturated heterocycles. The second kappa shape index (κ2) is 8.49. The van der Waals surface area contributed by atoms with E-state index in [9.17, 15) is 5.11 Å². The quantitative estimate of drug-likeness (QED) is 0.639. The van der Waals surface area contributed by atoms with Gasteiger partial charge in [0, 0.05) is 25.4 Å². The standard InChI is InChI=1S/C16H26N6O2/c1-4-5-12(6-7-23)19-15-14(9-18-16(17)20-15)24-10-13-8-11(2)22(3)21-13/h8-9,12,23H,4-7,10H2,1-3H3,(H3,17,18,19,20). The van der Waals surface area contributed by atoms with Crippen LogP contribution in [0.1, 0.15) is 37.6 Å². The van der Waals surface area contributed by atoms with E-state index in [0.717, 1.165) is 24.2 Å². The van der Waals surface area contributed by atoms with E-state index >= 15 is 0 Å². The van der Waals surface area contributed by atoms with E-state index in [-0.39, 0.29) is 18.6 Å². The molecule has 0 aliphatic heterocycles. The summed E-state index contributed by atoms with van der Waals surface area (Å²) in [4.78, 5) is 8.24. The normalized spacial score (nSPS) is 12.2. The summed E-state index contributed by atoms with van der Waals surface area (Å²) < 4.78 is 7.62. The Hall–Kier alpha value is -2.35. The molecule has 0 spiro atoms. The van der Waals surface area contributed by atoms with Gasteiger partial charge in [0.25, 0.3) is 0 Å². The maximum absolute atomic E-state index is 9.21. The zero-order chi connectivity index (χ0) is 17.5. The van der Waals surface area contributed by atoms with Gasteiger partial charge in [0.1, 0.15) is 12.3 Å². The molecule has 0 aliphatic rings. The molecule has 2 heterocycles. The van der Waals surface area contributed by atoms with Crippen LogP contribution in [-0.2, 0) is 13.7 Å². The Morgan fingerprint density at radius 2 is 2.21 bits per heavy atom. The average molecular weight is 334 g/mol. The molecule has 1 atom stereocenters. The number of ether oxygens (including phenoxy) is 1. The van der Waals surface area contributed by atoms with Crippen molar-refractivity contribution in [2.24, 2.45) is 7.05 Å². The zero-order valence-electron chi connectivity index (χ0n) is 14.5. The lowest BCUT2D eigenvalue weighted by Gasteiger charge is -2.19. The van der Waals surface area contributed by atoms with Gasteiger partial charge in [-0.1, -0.05) is 13.3 Å². The smallest absolute Gasteiger partial charge is 0.222 e. The van der Waals surface area contributed by atoms with Crippen LogP contribution in [0, 0.1) is 6.92 Å². The van der Waals surface area contributed by atoms with Crippen LogP contribution in [0.5, 0.6) is 5.75 Å². The SMILES string of the molecule is CCCC(CCO)Nc1nc(N)ncc1OCc1cc(C)n(C)n1. The van der Waals surface area contributed by atoms with Crippen LogP contribution in [0.15, 0.2) is 12.3 Å². The molecule has 0 amide bonds. The van der Waals surface area contributed by atoms with E-state index in [1.165, 1.54) is 0 Å². The van der Waals surface area contributed by atoms with Gasteiger partial charge in [-0.2, -0.15) is 10.1 Å². The number of anilines is 2. The largest absolute Gasteiger partial charge is 0.482 e. The Balaban J connectivity index is 2.11. The zero-order valence-corrected chi connectivity index (χ0v) is 14.5. The van der Waals surface area contributed by atoms with Gasteiger partial charge >= 0.3 is 0 Å². The van der Waals surface area contributed by atoms with Crippen LogP contribution in [0.3, 0.4) is 0 Å². The third-order valence-corrected chi connectivity index (χ3v) is 3.77. The maximum Gasteiger partial charge on any atom is 0.222 e. The van der Waals surface area contributed by atoms with Crippen molar-refractivity contribution in [2.45, 2.75) is 45.8 Å². The Morgan fingerprint density at radius 1 is 1.42 bits per heavy atom. The van der Waals surface area contributed by atoms with Crippen LogP contribution in [0.25, 0.3) is 0 Å². The van der Waals surface area contributed by atoms with E-state index in [4.69, 9.17) is 10.5 Å². The Kier molecular flexibility index (Phi) is 6.36. The van der Waals surface area contributed by atoms with E-state index in [2.05, 4.69) is 27.3 Å². The molecule has 1 unspecified atom stereocenters. The van der Waals surface area contributed by atoms with E-state index in [1.54, 1.807) is 10.9 Å². The van der Waals surface area contributed by atoms with Gasteiger partial charge in [-0.15, -0.1) is 0 Å². The molecule has 2 aromatic rings. The number of nitrogen functional groups attached to an aromatic ring is 1. The number of aliphatic hydroxyl groups excluding tert-OH is 1. The summed E-state index contributed by atoms with van der Waals surface area (Å²) in [6.07, 6.45) is 4.12. The van der Waals surface area contributed by atoms with Crippen molar-refractivity contribution in [1.82, 2.24) is 19.7 Å². The van der Waals surface area contributed by atoms with Crippen molar-refractivity contribution in [1.29, 1.82) is 0 Å². The number of nitrogens with zero attached hydrogens (tertiary/aromatic N) is 4. The van der Waals surface area contributed by atoms with Gasteiger partial charge < -0.3 is 20.9 Å². The van der Waals surface area contributed by atoms with Crippen molar-refractivity contribution >= 4 is 11.8 Å². The second-order valence-corrected chi connectivity index (χ2v) is 5.77. The van der Waals surface area contributed by atoms with Crippen molar-refractivity contribution < 1.29 is 9.84 Å². The number of aromatic nitrogens is 4. The fourth-order valence-corrected chi connectivity index (χ4v) is 2.44. The molecule has 0 fully saturated rings. The highest BCUT2D eigenvalue weighted by Crippen LogP contribution is 2.24. The third-order valence-electron chi connectivity index (χ3n) is 3.77. The number of hydrogen-bond acceptors (Lipinski definition) is 7.